The molecule has 0 unspecified atom stereocenters. The molecule has 2 aromatic carbocycles. The molecular formula is C16H15NO5. The topological polar surface area (TPSA) is 78.7 Å². The van der Waals surface area contributed by atoms with Crippen LogP contribution < -0.4 is 4.74 Å². The van der Waals surface area contributed by atoms with Crippen molar-refractivity contribution in [1.29, 1.82) is 0 Å². The third kappa shape index (κ3) is 3.06. The van der Waals surface area contributed by atoms with E-state index in [9.17, 15) is 14.9 Å². The van der Waals surface area contributed by atoms with Crippen LogP contribution in [0.4, 0.5) is 0 Å². The van der Waals surface area contributed by atoms with Crippen LogP contribution in [0.15, 0.2) is 42.1 Å². The van der Waals surface area contributed by atoms with E-state index >= 15 is 0 Å². The van der Waals surface area contributed by atoms with Crippen molar-refractivity contribution >= 4 is 22.8 Å². The van der Waals surface area contributed by atoms with Crippen molar-refractivity contribution in [2.24, 2.45) is 0 Å². The van der Waals surface area contributed by atoms with E-state index in [4.69, 9.17) is 9.47 Å². The Hall–Kier alpha value is -2.89. The molecule has 6 nitrogen and oxygen atoms in total. The molecule has 0 aromatic heterocycles. The van der Waals surface area contributed by atoms with Gasteiger partial charge >= 0.3 is 11.7 Å². The Balaban J connectivity index is 2.61. The fourth-order valence-corrected chi connectivity index (χ4v) is 2.14. The average Bonchev–Trinajstić information content (AvgIpc) is 2.52. The molecule has 0 bridgehead atoms. The van der Waals surface area contributed by atoms with Crippen molar-refractivity contribution in [3.05, 3.63) is 57.8 Å². The lowest BCUT2D eigenvalue weighted by Crippen LogP contribution is -2.14. The molecule has 0 aliphatic heterocycles. The van der Waals surface area contributed by atoms with Crippen LogP contribution in [0.2, 0.25) is 0 Å². The molecule has 2 rings (SSSR count). The Kier molecular flexibility index (Phi) is 4.73. The molecule has 0 saturated heterocycles. The van der Waals surface area contributed by atoms with Gasteiger partial charge in [-0.15, -0.1) is 0 Å². The Morgan fingerprint density at radius 2 is 1.91 bits per heavy atom. The van der Waals surface area contributed by atoms with Crippen LogP contribution in [-0.4, -0.2) is 24.6 Å². The zero-order valence-corrected chi connectivity index (χ0v) is 12.2. The second-order valence-corrected chi connectivity index (χ2v) is 4.41. The lowest BCUT2D eigenvalue weighted by molar-refractivity contribution is -0.419. The van der Waals surface area contributed by atoms with Gasteiger partial charge in [0.05, 0.1) is 18.6 Å². The van der Waals surface area contributed by atoms with Gasteiger partial charge in [0.25, 0.3) is 0 Å². The maximum atomic E-state index is 11.7. The Labute approximate surface area is 127 Å². The van der Waals surface area contributed by atoms with Crippen LogP contribution in [-0.2, 0) is 9.53 Å². The highest BCUT2D eigenvalue weighted by atomic mass is 16.6. The van der Waals surface area contributed by atoms with E-state index < -0.39 is 16.6 Å². The number of esters is 1. The van der Waals surface area contributed by atoms with Crippen LogP contribution in [0.1, 0.15) is 12.5 Å². The minimum Gasteiger partial charge on any atom is -0.496 e. The molecule has 0 atom stereocenters. The smallest absolute Gasteiger partial charge is 0.409 e. The van der Waals surface area contributed by atoms with E-state index in [0.717, 1.165) is 10.8 Å². The number of fused-ring (bicyclic) bond motifs is 1. The fraction of sp³-hybridized carbons (Fsp3) is 0.188. The van der Waals surface area contributed by atoms with Crippen molar-refractivity contribution in [2.45, 2.75) is 6.92 Å². The number of carbonyl (C=O) groups excluding carboxylic acids is 1. The third-order valence-electron chi connectivity index (χ3n) is 3.11. The minimum absolute atomic E-state index is 0.0768. The summed E-state index contributed by atoms with van der Waals surface area (Å²) in [6.07, 6.45) is 1.22. The lowest BCUT2D eigenvalue weighted by Gasteiger charge is -2.08. The molecule has 0 amide bonds. The van der Waals surface area contributed by atoms with Crippen LogP contribution in [0.3, 0.4) is 0 Å². The SMILES string of the molecule is CCOC(=O)C(=Cc1ccc(OC)c2ccccc12)[N+](=O)[O-]. The van der Waals surface area contributed by atoms with Gasteiger partial charge < -0.3 is 9.47 Å². The van der Waals surface area contributed by atoms with Crippen molar-refractivity contribution in [3.8, 4) is 5.75 Å². The van der Waals surface area contributed by atoms with Gasteiger partial charge in [0.2, 0.25) is 0 Å². The van der Waals surface area contributed by atoms with Gasteiger partial charge in [0, 0.05) is 11.5 Å². The van der Waals surface area contributed by atoms with E-state index in [1.165, 1.54) is 6.08 Å². The lowest BCUT2D eigenvalue weighted by atomic mass is 10.0. The minimum atomic E-state index is -0.951. The van der Waals surface area contributed by atoms with E-state index in [2.05, 4.69) is 0 Å². The van der Waals surface area contributed by atoms with E-state index in [1.807, 2.05) is 24.3 Å². The average molecular weight is 301 g/mol. The maximum absolute atomic E-state index is 11.7. The molecule has 0 spiro atoms. The second kappa shape index (κ2) is 6.71. The van der Waals surface area contributed by atoms with Crippen molar-refractivity contribution < 1.29 is 19.2 Å². The zero-order chi connectivity index (χ0) is 16.1. The largest absolute Gasteiger partial charge is 0.496 e. The number of nitro groups is 1. The fourth-order valence-electron chi connectivity index (χ4n) is 2.14. The Bertz CT molecular complexity index is 751. The van der Waals surface area contributed by atoms with Gasteiger partial charge in [0.1, 0.15) is 5.75 Å². The summed E-state index contributed by atoms with van der Waals surface area (Å²) < 4.78 is 10.00. The molecule has 0 saturated carbocycles. The summed E-state index contributed by atoms with van der Waals surface area (Å²) in [5.74, 6) is -0.293. The Morgan fingerprint density at radius 3 is 2.50 bits per heavy atom. The van der Waals surface area contributed by atoms with Crippen molar-refractivity contribution in [1.82, 2.24) is 0 Å². The highest BCUT2D eigenvalue weighted by molar-refractivity contribution is 5.98. The molecule has 0 N–H and O–H groups in total. The van der Waals surface area contributed by atoms with Crippen molar-refractivity contribution in [2.75, 3.05) is 13.7 Å². The molecule has 0 fully saturated rings. The number of hydrogen-bond donors (Lipinski definition) is 0. The number of methoxy groups -OCH3 is 1. The Morgan fingerprint density at radius 1 is 1.23 bits per heavy atom. The van der Waals surface area contributed by atoms with Gasteiger partial charge in [-0.05, 0) is 23.9 Å². The molecule has 0 aliphatic carbocycles. The number of benzene rings is 2. The quantitative estimate of drug-likeness (QED) is 0.367. The predicted molar refractivity (Wildman–Crippen MR) is 82.1 cm³/mol. The second-order valence-electron chi connectivity index (χ2n) is 4.41. The molecule has 22 heavy (non-hydrogen) atoms. The van der Waals surface area contributed by atoms with E-state index in [-0.39, 0.29) is 6.61 Å². The summed E-state index contributed by atoms with van der Waals surface area (Å²) in [6, 6.07) is 10.7. The van der Waals surface area contributed by atoms with E-state index in [1.54, 1.807) is 26.2 Å². The summed E-state index contributed by atoms with van der Waals surface area (Å²) >= 11 is 0. The summed E-state index contributed by atoms with van der Waals surface area (Å²) in [4.78, 5) is 22.0. The third-order valence-corrected chi connectivity index (χ3v) is 3.11. The predicted octanol–water partition coefficient (Wildman–Crippen LogP) is 3.03. The molecule has 2 aromatic rings. The summed E-state index contributed by atoms with van der Waals surface area (Å²) in [5, 5.41) is 12.7. The monoisotopic (exact) mass is 301 g/mol. The summed E-state index contributed by atoms with van der Waals surface area (Å²) in [5.41, 5.74) is -0.0478. The highest BCUT2D eigenvalue weighted by Gasteiger charge is 2.23. The van der Waals surface area contributed by atoms with Crippen LogP contribution >= 0.6 is 0 Å². The van der Waals surface area contributed by atoms with Gasteiger partial charge in [-0.25, -0.2) is 4.79 Å². The van der Waals surface area contributed by atoms with Crippen molar-refractivity contribution in [3.63, 3.8) is 0 Å². The van der Waals surface area contributed by atoms with Gasteiger partial charge in [-0.1, -0.05) is 30.3 Å². The first-order chi connectivity index (χ1) is 10.6. The molecule has 0 aliphatic rings. The highest BCUT2D eigenvalue weighted by Crippen LogP contribution is 2.29. The molecular weight excluding hydrogens is 286 g/mol. The maximum Gasteiger partial charge on any atom is 0.409 e. The zero-order valence-electron chi connectivity index (χ0n) is 12.2. The van der Waals surface area contributed by atoms with Crippen LogP contribution in [0, 0.1) is 10.1 Å². The molecule has 114 valence electrons. The number of hydrogen-bond acceptors (Lipinski definition) is 5. The normalized spacial score (nSPS) is 11.3. The first kappa shape index (κ1) is 15.5. The molecule has 0 heterocycles. The summed E-state index contributed by atoms with van der Waals surface area (Å²) in [7, 11) is 1.55. The van der Waals surface area contributed by atoms with E-state index in [0.29, 0.717) is 11.3 Å². The standard InChI is InChI=1S/C16H15NO5/c1-3-22-16(18)14(17(19)20)10-11-8-9-15(21-2)13-7-5-4-6-12(11)13/h4-10H,3H2,1-2H3. The first-order valence-electron chi connectivity index (χ1n) is 6.67. The van der Waals surface area contributed by atoms with Gasteiger partial charge in [-0.2, -0.15) is 0 Å². The molecule has 0 radical (unpaired) electrons. The first-order valence-corrected chi connectivity index (χ1v) is 6.67. The molecule has 6 heteroatoms. The summed E-state index contributed by atoms with van der Waals surface area (Å²) in [6.45, 7) is 1.67. The number of ether oxygens (including phenoxy) is 2. The van der Waals surface area contributed by atoms with Gasteiger partial charge in [-0.3, -0.25) is 10.1 Å². The number of rotatable bonds is 5. The van der Waals surface area contributed by atoms with Gasteiger partial charge in [0.15, 0.2) is 0 Å². The van der Waals surface area contributed by atoms with Crippen LogP contribution in [0.5, 0.6) is 5.75 Å². The number of carbonyl (C=O) groups is 1. The van der Waals surface area contributed by atoms with Crippen LogP contribution in [0.25, 0.3) is 16.8 Å². The number of nitrogens with zero attached hydrogens (tertiary/aromatic N) is 1.